The second kappa shape index (κ2) is 9.36. The molecule has 8 heteroatoms. The number of rotatable bonds is 6. The fourth-order valence-electron chi connectivity index (χ4n) is 3.35. The van der Waals surface area contributed by atoms with E-state index in [0.717, 1.165) is 48.3 Å². The van der Waals surface area contributed by atoms with Crippen molar-refractivity contribution in [2.75, 3.05) is 43.1 Å². The zero-order valence-electron chi connectivity index (χ0n) is 16.7. The molecule has 3 aromatic rings. The highest BCUT2D eigenvalue weighted by molar-refractivity contribution is 7.13. The maximum atomic E-state index is 12.4. The molecule has 0 radical (unpaired) electrons. The van der Waals surface area contributed by atoms with Gasteiger partial charge in [-0.3, -0.25) is 4.79 Å². The van der Waals surface area contributed by atoms with Gasteiger partial charge in [-0.1, -0.05) is 29.8 Å². The number of carbonyl (C=O) groups is 1. The van der Waals surface area contributed by atoms with Gasteiger partial charge in [-0.25, -0.2) is 4.98 Å². The van der Waals surface area contributed by atoms with Crippen LogP contribution in [0.5, 0.6) is 5.75 Å². The molecule has 1 N–H and O–H groups in total. The Morgan fingerprint density at radius 2 is 1.87 bits per heavy atom. The van der Waals surface area contributed by atoms with Crippen molar-refractivity contribution in [1.82, 2.24) is 10.3 Å². The van der Waals surface area contributed by atoms with Crippen molar-refractivity contribution >= 4 is 39.7 Å². The van der Waals surface area contributed by atoms with Gasteiger partial charge in [0.2, 0.25) is 0 Å². The molecule has 1 amide bonds. The molecule has 0 bridgehead atoms. The van der Waals surface area contributed by atoms with Gasteiger partial charge in [0.15, 0.2) is 5.13 Å². The zero-order valence-corrected chi connectivity index (χ0v) is 18.2. The summed E-state index contributed by atoms with van der Waals surface area (Å²) >= 11 is 7.40. The van der Waals surface area contributed by atoms with Crippen LogP contribution >= 0.6 is 22.9 Å². The van der Waals surface area contributed by atoms with Crippen LogP contribution in [0.25, 0.3) is 0 Å². The molecule has 1 aromatic heterocycles. The van der Waals surface area contributed by atoms with Crippen LogP contribution in [0.2, 0.25) is 5.02 Å². The lowest BCUT2D eigenvalue weighted by molar-refractivity contribution is 0.0946. The Morgan fingerprint density at radius 3 is 2.60 bits per heavy atom. The molecule has 156 valence electrons. The van der Waals surface area contributed by atoms with Crippen LogP contribution in [0.1, 0.15) is 16.1 Å². The minimum atomic E-state index is -0.164. The number of methoxy groups -OCH3 is 1. The number of benzene rings is 2. The summed E-state index contributed by atoms with van der Waals surface area (Å²) in [5, 5.41) is 6.30. The van der Waals surface area contributed by atoms with Crippen LogP contribution in [0.3, 0.4) is 0 Å². The Morgan fingerprint density at radius 1 is 1.13 bits per heavy atom. The molecule has 2 aromatic carbocycles. The monoisotopic (exact) mass is 442 g/mol. The highest BCUT2D eigenvalue weighted by atomic mass is 35.5. The predicted molar refractivity (Wildman–Crippen MR) is 122 cm³/mol. The number of hydrogen-bond acceptors (Lipinski definition) is 6. The third kappa shape index (κ3) is 4.86. The molecule has 2 heterocycles. The number of piperazine rings is 1. The van der Waals surface area contributed by atoms with Gasteiger partial charge < -0.3 is 19.9 Å². The Kier molecular flexibility index (Phi) is 6.40. The zero-order chi connectivity index (χ0) is 20.9. The standard InChI is InChI=1S/C22H23ClN4O2S/c1-29-19-4-2-3-18(13-19)26-9-11-27(12-10-26)22-25-20(15-30-22)21(28)24-14-16-5-7-17(23)8-6-16/h2-8,13,15H,9-12,14H2,1H3,(H,24,28). The molecule has 1 aliphatic heterocycles. The number of amides is 1. The molecule has 0 spiro atoms. The van der Waals surface area contributed by atoms with Gasteiger partial charge in [0.25, 0.3) is 5.91 Å². The molecule has 0 unspecified atom stereocenters. The maximum Gasteiger partial charge on any atom is 0.271 e. The average Bonchev–Trinajstić information content (AvgIpc) is 3.29. The molecule has 1 aliphatic rings. The van der Waals surface area contributed by atoms with Crippen LogP contribution in [0.4, 0.5) is 10.8 Å². The second-order valence-corrected chi connectivity index (χ2v) is 8.27. The third-order valence-corrected chi connectivity index (χ3v) is 6.21. The van der Waals surface area contributed by atoms with Crippen molar-refractivity contribution in [2.45, 2.75) is 6.54 Å². The smallest absolute Gasteiger partial charge is 0.271 e. The Bertz CT molecular complexity index is 1000. The van der Waals surface area contributed by atoms with Gasteiger partial charge in [0.1, 0.15) is 11.4 Å². The van der Waals surface area contributed by atoms with Gasteiger partial charge in [-0.15, -0.1) is 11.3 Å². The summed E-state index contributed by atoms with van der Waals surface area (Å²) in [6, 6.07) is 15.6. The van der Waals surface area contributed by atoms with Crippen LogP contribution < -0.4 is 19.9 Å². The van der Waals surface area contributed by atoms with E-state index in [2.05, 4.69) is 32.2 Å². The number of hydrogen-bond donors (Lipinski definition) is 1. The first-order valence-corrected chi connectivity index (χ1v) is 11.0. The third-order valence-electron chi connectivity index (χ3n) is 5.06. The summed E-state index contributed by atoms with van der Waals surface area (Å²) < 4.78 is 5.33. The molecule has 1 saturated heterocycles. The first-order chi connectivity index (χ1) is 14.6. The molecule has 0 aliphatic carbocycles. The minimum Gasteiger partial charge on any atom is -0.497 e. The molecule has 0 saturated carbocycles. The van der Waals surface area contributed by atoms with E-state index < -0.39 is 0 Å². The summed E-state index contributed by atoms with van der Waals surface area (Å²) in [5.74, 6) is 0.701. The number of ether oxygens (including phenoxy) is 1. The van der Waals surface area contributed by atoms with Gasteiger partial charge in [-0.2, -0.15) is 0 Å². The lowest BCUT2D eigenvalue weighted by atomic mass is 10.2. The highest BCUT2D eigenvalue weighted by Gasteiger charge is 2.21. The van der Waals surface area contributed by atoms with Crippen molar-refractivity contribution in [3.05, 3.63) is 70.2 Å². The topological polar surface area (TPSA) is 57.7 Å². The van der Waals surface area contributed by atoms with E-state index in [1.807, 2.05) is 41.8 Å². The number of thiazole rings is 1. The normalized spacial score (nSPS) is 13.9. The number of halogens is 1. The summed E-state index contributed by atoms with van der Waals surface area (Å²) in [6.45, 7) is 3.95. The fraction of sp³-hybridized carbons (Fsp3) is 0.273. The molecular formula is C22H23ClN4O2S. The molecule has 30 heavy (non-hydrogen) atoms. The number of nitrogens with zero attached hydrogens (tertiary/aromatic N) is 3. The first-order valence-electron chi connectivity index (χ1n) is 9.74. The summed E-state index contributed by atoms with van der Waals surface area (Å²) in [5.41, 5.74) is 2.62. The highest BCUT2D eigenvalue weighted by Crippen LogP contribution is 2.26. The van der Waals surface area contributed by atoms with E-state index >= 15 is 0 Å². The Hall–Kier alpha value is -2.77. The predicted octanol–water partition coefficient (Wildman–Crippen LogP) is 4.06. The number of anilines is 2. The second-order valence-electron chi connectivity index (χ2n) is 7.00. The van der Waals surface area contributed by atoms with Crippen LogP contribution in [-0.4, -0.2) is 44.2 Å². The van der Waals surface area contributed by atoms with E-state index in [4.69, 9.17) is 16.3 Å². The fourth-order valence-corrected chi connectivity index (χ4v) is 4.34. The molecular weight excluding hydrogens is 420 g/mol. The molecule has 0 atom stereocenters. The summed E-state index contributed by atoms with van der Waals surface area (Å²) in [4.78, 5) is 21.6. The number of nitrogens with one attached hydrogen (secondary N) is 1. The van der Waals surface area contributed by atoms with Gasteiger partial charge in [-0.05, 0) is 29.8 Å². The Labute approximate surface area is 185 Å². The SMILES string of the molecule is COc1cccc(N2CCN(c3nc(C(=O)NCc4ccc(Cl)cc4)cs3)CC2)c1. The molecule has 4 rings (SSSR count). The van der Waals surface area contributed by atoms with Crippen LogP contribution in [0, 0.1) is 0 Å². The maximum absolute atomic E-state index is 12.4. The first kappa shape index (κ1) is 20.5. The van der Waals surface area contributed by atoms with Gasteiger partial charge >= 0.3 is 0 Å². The number of carbonyl (C=O) groups excluding carboxylic acids is 1. The lowest BCUT2D eigenvalue weighted by Gasteiger charge is -2.36. The van der Waals surface area contributed by atoms with Crippen molar-refractivity contribution in [1.29, 1.82) is 0 Å². The average molecular weight is 443 g/mol. The summed E-state index contributed by atoms with van der Waals surface area (Å²) in [7, 11) is 1.68. The van der Waals surface area contributed by atoms with E-state index in [1.54, 1.807) is 7.11 Å². The van der Waals surface area contributed by atoms with Gasteiger partial charge in [0, 0.05) is 54.9 Å². The largest absolute Gasteiger partial charge is 0.497 e. The molecule has 1 fully saturated rings. The quantitative estimate of drug-likeness (QED) is 0.623. The Balaban J connectivity index is 1.32. The van der Waals surface area contributed by atoms with E-state index in [1.165, 1.54) is 11.3 Å². The summed E-state index contributed by atoms with van der Waals surface area (Å²) in [6.07, 6.45) is 0. The minimum absolute atomic E-state index is 0.164. The van der Waals surface area contributed by atoms with Crippen molar-refractivity contribution < 1.29 is 9.53 Å². The van der Waals surface area contributed by atoms with Crippen molar-refractivity contribution in [3.63, 3.8) is 0 Å². The van der Waals surface area contributed by atoms with Crippen molar-refractivity contribution in [3.8, 4) is 5.75 Å². The van der Waals surface area contributed by atoms with Crippen molar-refractivity contribution in [2.24, 2.45) is 0 Å². The van der Waals surface area contributed by atoms with E-state index in [9.17, 15) is 4.79 Å². The van der Waals surface area contributed by atoms with E-state index in [-0.39, 0.29) is 5.91 Å². The number of aromatic nitrogens is 1. The molecule has 6 nitrogen and oxygen atoms in total. The van der Waals surface area contributed by atoms with Gasteiger partial charge in [0.05, 0.1) is 7.11 Å². The lowest BCUT2D eigenvalue weighted by Crippen LogP contribution is -2.46. The van der Waals surface area contributed by atoms with Crippen LogP contribution in [-0.2, 0) is 6.54 Å². The van der Waals surface area contributed by atoms with E-state index in [0.29, 0.717) is 17.3 Å². The van der Waals surface area contributed by atoms with Crippen LogP contribution in [0.15, 0.2) is 53.9 Å².